The number of benzene rings is 3. The van der Waals surface area contributed by atoms with E-state index in [-0.39, 0.29) is 17.5 Å². The summed E-state index contributed by atoms with van der Waals surface area (Å²) < 4.78 is 50.8. The lowest BCUT2D eigenvalue weighted by Crippen LogP contribution is -2.19. The Balaban J connectivity index is 1.41. The van der Waals surface area contributed by atoms with E-state index in [1.165, 1.54) is 19.3 Å². The van der Waals surface area contributed by atoms with Crippen LogP contribution >= 0.6 is 0 Å². The van der Waals surface area contributed by atoms with E-state index in [0.29, 0.717) is 41.2 Å². The smallest absolute Gasteiger partial charge is 0.166 e. The fourth-order valence-electron chi connectivity index (χ4n) is 5.36. The van der Waals surface area contributed by atoms with Gasteiger partial charge in [0.2, 0.25) is 0 Å². The average Bonchev–Trinajstić information content (AvgIpc) is 2.94. The molecule has 202 valence electrons. The Kier molecular flexibility index (Phi) is 10.2. The highest BCUT2D eigenvalue weighted by atomic mass is 19.2. The molecule has 0 aliphatic carbocycles. The minimum atomic E-state index is -0.819. The number of halogens is 3. The van der Waals surface area contributed by atoms with Crippen LogP contribution in [0.15, 0.2) is 66.7 Å². The van der Waals surface area contributed by atoms with E-state index in [4.69, 9.17) is 4.74 Å². The van der Waals surface area contributed by atoms with Crippen molar-refractivity contribution in [2.24, 2.45) is 5.92 Å². The van der Waals surface area contributed by atoms with Gasteiger partial charge >= 0.3 is 0 Å². The van der Waals surface area contributed by atoms with Crippen LogP contribution in [0.1, 0.15) is 82.4 Å². The molecule has 38 heavy (non-hydrogen) atoms. The topological polar surface area (TPSA) is 9.23 Å². The molecular weight excluding hydrogens is 481 g/mol. The Morgan fingerprint density at radius 2 is 1.47 bits per heavy atom. The Morgan fingerprint density at radius 3 is 2.13 bits per heavy atom. The summed E-state index contributed by atoms with van der Waals surface area (Å²) in [5, 5.41) is 0. The summed E-state index contributed by atoms with van der Waals surface area (Å²) >= 11 is 0. The molecule has 0 spiro atoms. The Morgan fingerprint density at radius 1 is 0.789 bits per heavy atom. The molecule has 2 atom stereocenters. The molecule has 1 aliphatic rings. The summed E-state index contributed by atoms with van der Waals surface area (Å²) in [5.41, 5.74) is 3.24. The van der Waals surface area contributed by atoms with Crippen LogP contribution in [-0.4, -0.2) is 6.61 Å². The van der Waals surface area contributed by atoms with Gasteiger partial charge in [-0.15, -0.1) is 0 Å². The van der Waals surface area contributed by atoms with Crippen molar-refractivity contribution in [1.82, 2.24) is 0 Å². The molecule has 0 bridgehead atoms. The van der Waals surface area contributed by atoms with E-state index in [1.807, 2.05) is 19.1 Å². The fourth-order valence-corrected chi connectivity index (χ4v) is 5.36. The van der Waals surface area contributed by atoms with Gasteiger partial charge in [0.1, 0.15) is 5.82 Å². The van der Waals surface area contributed by atoms with E-state index in [0.717, 1.165) is 37.7 Å². The monoisotopic (exact) mass is 520 g/mol. The molecule has 1 saturated heterocycles. The average molecular weight is 521 g/mol. The van der Waals surface area contributed by atoms with Crippen molar-refractivity contribution in [2.45, 2.75) is 77.7 Å². The van der Waals surface area contributed by atoms with Crippen LogP contribution in [0.25, 0.3) is 22.3 Å². The van der Waals surface area contributed by atoms with Gasteiger partial charge < -0.3 is 4.74 Å². The van der Waals surface area contributed by atoms with Crippen molar-refractivity contribution in [2.75, 3.05) is 6.61 Å². The lowest BCUT2D eigenvalue weighted by atomic mass is 9.93. The number of ether oxygens (including phenoxy) is 1. The molecule has 0 radical (unpaired) electrons. The van der Waals surface area contributed by atoms with Gasteiger partial charge in [-0.2, -0.15) is 0 Å². The lowest BCUT2D eigenvalue weighted by molar-refractivity contribution is -0.00538. The van der Waals surface area contributed by atoms with Crippen molar-refractivity contribution >= 4 is 0 Å². The molecule has 0 aromatic heterocycles. The van der Waals surface area contributed by atoms with Gasteiger partial charge in [0.15, 0.2) is 11.6 Å². The molecule has 4 rings (SSSR count). The maximum absolute atomic E-state index is 15.1. The number of hydrogen-bond donors (Lipinski definition) is 0. The number of rotatable bonds is 11. The second-order valence-electron chi connectivity index (χ2n) is 10.4. The van der Waals surface area contributed by atoms with Crippen LogP contribution in [0.4, 0.5) is 13.2 Å². The van der Waals surface area contributed by atoms with Crippen molar-refractivity contribution in [3.63, 3.8) is 0 Å². The quantitative estimate of drug-likeness (QED) is 0.180. The zero-order chi connectivity index (χ0) is 26.9. The van der Waals surface area contributed by atoms with Gasteiger partial charge in [0.25, 0.3) is 0 Å². The number of aryl methyl sites for hydroxylation is 1. The highest BCUT2D eigenvalue weighted by Gasteiger charge is 2.22. The predicted octanol–water partition coefficient (Wildman–Crippen LogP) is 10.4. The third-order valence-electron chi connectivity index (χ3n) is 7.61. The van der Waals surface area contributed by atoms with Crippen LogP contribution < -0.4 is 0 Å². The second kappa shape index (κ2) is 13.8. The third-order valence-corrected chi connectivity index (χ3v) is 7.61. The highest BCUT2D eigenvalue weighted by Crippen LogP contribution is 2.35. The van der Waals surface area contributed by atoms with Crippen molar-refractivity contribution in [3.8, 4) is 22.3 Å². The molecule has 0 amide bonds. The Bertz CT molecular complexity index is 1210. The van der Waals surface area contributed by atoms with E-state index >= 15 is 4.39 Å². The Labute approximate surface area is 225 Å². The van der Waals surface area contributed by atoms with E-state index in [1.54, 1.807) is 48.5 Å². The van der Waals surface area contributed by atoms with Gasteiger partial charge in [-0.05, 0) is 60.9 Å². The summed E-state index contributed by atoms with van der Waals surface area (Å²) in [4.78, 5) is 0. The normalized spacial score (nSPS) is 17.8. The standard InChI is InChI=1S/C34H39F3O/c1-3-5-6-7-8-9-11-27-17-20-30(34(37)33(27)36)26-15-13-25(14-16-26)29-19-18-28(22-31(29)35)32-21-12-24(10-4-2)23-38-32/h4,10,13-20,22,24,32H,3,5-9,11-12,21,23H2,1-2H3/b10-4+. The van der Waals surface area contributed by atoms with E-state index < -0.39 is 11.6 Å². The molecule has 1 aliphatic heterocycles. The second-order valence-corrected chi connectivity index (χ2v) is 10.4. The Hall–Kier alpha value is -2.85. The van der Waals surface area contributed by atoms with Crippen LogP contribution in [-0.2, 0) is 11.2 Å². The maximum atomic E-state index is 15.1. The maximum Gasteiger partial charge on any atom is 0.166 e. The van der Waals surface area contributed by atoms with E-state index in [2.05, 4.69) is 13.0 Å². The van der Waals surface area contributed by atoms with Crippen molar-refractivity contribution in [1.29, 1.82) is 0 Å². The first-order chi connectivity index (χ1) is 18.5. The SMILES string of the molecule is C/C=C/C1CCC(c2ccc(-c3ccc(-c4ccc(CCCCCCCC)c(F)c4F)cc3)c(F)c2)OC1. The van der Waals surface area contributed by atoms with E-state index in [9.17, 15) is 8.78 Å². The van der Waals surface area contributed by atoms with Crippen molar-refractivity contribution < 1.29 is 17.9 Å². The van der Waals surface area contributed by atoms with Crippen LogP contribution in [0.3, 0.4) is 0 Å². The minimum Gasteiger partial charge on any atom is -0.373 e. The molecular formula is C34H39F3O. The predicted molar refractivity (Wildman–Crippen MR) is 150 cm³/mol. The van der Waals surface area contributed by atoms with Crippen LogP contribution in [0.5, 0.6) is 0 Å². The molecule has 4 heteroatoms. The zero-order valence-electron chi connectivity index (χ0n) is 22.6. The van der Waals surface area contributed by atoms with Gasteiger partial charge in [-0.25, -0.2) is 13.2 Å². The third kappa shape index (κ3) is 6.96. The largest absolute Gasteiger partial charge is 0.373 e. The number of allylic oxidation sites excluding steroid dienone is 1. The molecule has 3 aromatic carbocycles. The minimum absolute atomic E-state index is 0.0932. The summed E-state index contributed by atoms with van der Waals surface area (Å²) in [6.45, 7) is 4.84. The fraction of sp³-hybridized carbons (Fsp3) is 0.412. The van der Waals surface area contributed by atoms with Crippen LogP contribution in [0.2, 0.25) is 0 Å². The zero-order valence-corrected chi connectivity index (χ0v) is 22.6. The lowest BCUT2D eigenvalue weighted by Gasteiger charge is -2.28. The van der Waals surface area contributed by atoms with Gasteiger partial charge in [-0.1, -0.05) is 99.7 Å². The van der Waals surface area contributed by atoms with Crippen molar-refractivity contribution in [3.05, 3.63) is 95.3 Å². The highest BCUT2D eigenvalue weighted by molar-refractivity contribution is 5.71. The molecule has 0 saturated carbocycles. The first-order valence-electron chi connectivity index (χ1n) is 14.1. The molecule has 1 fully saturated rings. The summed E-state index contributed by atoms with van der Waals surface area (Å²) in [5.74, 6) is -1.47. The molecule has 2 unspecified atom stereocenters. The molecule has 1 heterocycles. The first kappa shape index (κ1) is 28.2. The molecule has 1 nitrogen and oxygen atoms in total. The van der Waals surface area contributed by atoms with Gasteiger partial charge in [0, 0.05) is 17.0 Å². The summed E-state index contributed by atoms with van der Waals surface area (Å²) in [6, 6.07) is 15.6. The number of hydrogen-bond acceptors (Lipinski definition) is 1. The molecule has 0 N–H and O–H groups in total. The summed E-state index contributed by atoms with van der Waals surface area (Å²) in [7, 11) is 0. The van der Waals surface area contributed by atoms with Crippen LogP contribution in [0, 0.1) is 23.4 Å². The number of unbranched alkanes of at least 4 members (excludes halogenated alkanes) is 5. The molecule has 3 aromatic rings. The summed E-state index contributed by atoms with van der Waals surface area (Å²) in [6.07, 6.45) is 13.2. The first-order valence-corrected chi connectivity index (χ1v) is 14.1. The van der Waals surface area contributed by atoms with Gasteiger partial charge in [-0.3, -0.25) is 0 Å². The van der Waals surface area contributed by atoms with Gasteiger partial charge in [0.05, 0.1) is 12.7 Å².